The van der Waals surface area contributed by atoms with Crippen LogP contribution >= 0.6 is 57.6 Å². The summed E-state index contributed by atoms with van der Waals surface area (Å²) in [4.78, 5) is 62.2. The molecule has 5 N–H and O–H groups in total. The van der Waals surface area contributed by atoms with Crippen molar-refractivity contribution in [2.24, 2.45) is 19.1 Å². The summed E-state index contributed by atoms with van der Waals surface area (Å²) >= 11 is 12.1. The number of imidazole rings is 3. The molecule has 0 saturated carbocycles. The molecule has 25 nitrogen and oxygen atoms in total. The average molecular weight is 1930 g/mol. The van der Waals surface area contributed by atoms with E-state index in [1.54, 1.807) is 65.4 Å². The number of aliphatic imine (C=N–C) groups is 1. The van der Waals surface area contributed by atoms with Gasteiger partial charge >= 0.3 is 5.97 Å². The number of aromatic amines is 2. The molecule has 0 spiro atoms. The zero-order chi connectivity index (χ0) is 96.6. The van der Waals surface area contributed by atoms with E-state index in [4.69, 9.17) is 48.8 Å². The van der Waals surface area contributed by atoms with Gasteiger partial charge in [-0.15, -0.1) is 45.3 Å². The fourth-order valence-electron chi connectivity index (χ4n) is 18.6. The van der Waals surface area contributed by atoms with Gasteiger partial charge in [-0.25, -0.2) is 34.7 Å². The van der Waals surface area contributed by atoms with E-state index < -0.39 is 5.97 Å². The molecule has 694 valence electrons. The number of benzene rings is 12. The number of furan rings is 3. The van der Waals surface area contributed by atoms with Crippen molar-refractivity contribution in [3.8, 4) is 5.75 Å². The Morgan fingerprint density at radius 1 is 0.496 bits per heavy atom. The molecule has 12 aromatic carbocycles. The van der Waals surface area contributed by atoms with Crippen molar-refractivity contribution in [2.75, 3.05) is 24.3 Å². The molecule has 28 rings (SSSR count). The minimum Gasteiger partial charge on any atom is -0.508 e. The minimum absolute atomic E-state index is 0.00725. The number of aromatic hydroxyl groups is 1. The normalized spacial score (nSPS) is 12.3. The summed E-state index contributed by atoms with van der Waals surface area (Å²) in [7, 11) is 8.25. The molecule has 15 aromatic heterocycles. The van der Waals surface area contributed by atoms with Gasteiger partial charge in [0.05, 0.1) is 76.2 Å². The lowest BCUT2D eigenvalue weighted by molar-refractivity contribution is -0.114. The highest BCUT2D eigenvalue weighted by Gasteiger charge is 2.35. The number of fused-ring (bicyclic) bond motifs is 26. The second kappa shape index (κ2) is 35.5. The lowest BCUT2D eigenvalue weighted by atomic mass is 9.81. The van der Waals surface area contributed by atoms with Crippen LogP contribution in [0.1, 0.15) is 91.9 Å². The molecule has 16 heterocycles. The number of oxazole rings is 3. The number of rotatable bonds is 5. The van der Waals surface area contributed by atoms with Gasteiger partial charge in [0.2, 0.25) is 11.7 Å². The molecular formula is C109H93N15O10S5. The zero-order valence-electron chi connectivity index (χ0n) is 78.8. The lowest BCUT2D eigenvalue weighted by Crippen LogP contribution is -2.22. The van der Waals surface area contributed by atoms with E-state index in [2.05, 4.69) is 259 Å². The van der Waals surface area contributed by atoms with Crippen LogP contribution in [-0.2, 0) is 37.4 Å². The highest BCUT2D eigenvalue weighted by atomic mass is 32.1. The molecule has 139 heavy (non-hydrogen) atoms. The molecule has 0 radical (unpaired) electrons. The van der Waals surface area contributed by atoms with Crippen molar-refractivity contribution in [1.82, 2.24) is 58.1 Å². The van der Waals surface area contributed by atoms with Gasteiger partial charge in [0.25, 0.3) is 4.84 Å². The van der Waals surface area contributed by atoms with E-state index in [1.807, 2.05) is 106 Å². The van der Waals surface area contributed by atoms with Crippen LogP contribution in [0.2, 0.25) is 0 Å². The lowest BCUT2D eigenvalue weighted by Gasteiger charge is -2.19. The Hall–Kier alpha value is -15.6. The molecule has 1 aliphatic heterocycles. The van der Waals surface area contributed by atoms with E-state index in [0.29, 0.717) is 44.4 Å². The second-order valence-corrected chi connectivity index (χ2v) is 39.8. The van der Waals surface area contributed by atoms with Crippen molar-refractivity contribution in [1.29, 1.82) is 0 Å². The van der Waals surface area contributed by atoms with Crippen LogP contribution in [0.4, 0.5) is 17.1 Å². The summed E-state index contributed by atoms with van der Waals surface area (Å²) in [6.07, 6.45) is 3.56. The Morgan fingerprint density at radius 3 is 1.97 bits per heavy atom. The molecule has 30 heteroatoms. The number of hydrogen-bond donors (Lipinski definition) is 5. The SMILES string of the molecule is CC1=Nc2ccc3ccoc3c2C1(C)C.CCn1c(C)nc2c3sc4ccccc4c3ccc21.CCn1c(C)nc2cc3c(NC(C)=O)c[nH]c3cc21.Cc1nc2cc3c(cc2n1C)sc1ccc(O)cc13.Cc1nc2cc3c4cc(N(C)C)ccc4n(C)c3cc2o1.Cc1nc2cc3cc(C(=O)O)oc3cc2o1.Cc1nc2cc3ccsc3cc2s1.S=c1[nH]c2cc3c(cc2o1)oc1ccccc13. The third-order valence-corrected chi connectivity index (χ3v) is 30.0. The number of phenols is 1. The highest BCUT2D eigenvalue weighted by molar-refractivity contribution is 7.71. The maximum absolute atomic E-state index is 11.2. The van der Waals surface area contributed by atoms with Crippen molar-refractivity contribution in [3.05, 3.63) is 268 Å². The Labute approximate surface area is 813 Å². The number of phenolic OH excluding ortho intramolecular Hbond substituents is 1. The van der Waals surface area contributed by atoms with Crippen LogP contribution in [0.3, 0.4) is 0 Å². The molecule has 0 aliphatic carbocycles. The number of hydrogen-bond acceptors (Lipinski definition) is 22. The third kappa shape index (κ3) is 16.6. The van der Waals surface area contributed by atoms with E-state index in [1.165, 1.54) is 101 Å². The number of thiophene rings is 3. The molecule has 0 atom stereocenters. The molecular weight excluding hydrogens is 1840 g/mol. The van der Waals surface area contributed by atoms with Crippen LogP contribution in [0.25, 0.3) is 204 Å². The zero-order valence-corrected chi connectivity index (χ0v) is 82.8. The van der Waals surface area contributed by atoms with Gasteiger partial charge in [-0.2, -0.15) is 0 Å². The van der Waals surface area contributed by atoms with Crippen molar-refractivity contribution < 1.29 is 46.3 Å². The third-order valence-electron chi connectivity index (χ3n) is 25.7. The summed E-state index contributed by atoms with van der Waals surface area (Å²) in [5.41, 5.74) is 24.4. The predicted octanol–water partition coefficient (Wildman–Crippen LogP) is 29.9. The number of nitrogens with zero attached hydrogens (tertiary/aromatic N) is 12. The number of anilines is 2. The van der Waals surface area contributed by atoms with Crippen LogP contribution in [0.15, 0.2) is 250 Å². The van der Waals surface area contributed by atoms with E-state index in [0.717, 1.165) is 157 Å². The number of thiazole rings is 1. The number of carbonyl (C=O) groups is 2. The monoisotopic (exact) mass is 1930 g/mol. The number of carbonyl (C=O) groups excluding carboxylic acids is 1. The van der Waals surface area contributed by atoms with Crippen molar-refractivity contribution >= 4 is 296 Å². The number of amides is 1. The van der Waals surface area contributed by atoms with Crippen LogP contribution in [-0.4, -0.2) is 100 Å². The van der Waals surface area contributed by atoms with Gasteiger partial charge in [0.15, 0.2) is 28.5 Å². The molecule has 1 aliphatic rings. The highest BCUT2D eigenvalue weighted by Crippen LogP contribution is 2.46. The van der Waals surface area contributed by atoms with E-state index in [-0.39, 0.29) is 17.1 Å². The Morgan fingerprint density at radius 2 is 1.19 bits per heavy atom. The maximum Gasteiger partial charge on any atom is 0.371 e. The number of aromatic carboxylic acids is 1. The van der Waals surface area contributed by atoms with Gasteiger partial charge in [0, 0.05) is 198 Å². The van der Waals surface area contributed by atoms with Crippen molar-refractivity contribution in [3.63, 3.8) is 0 Å². The smallest absolute Gasteiger partial charge is 0.371 e. The standard InChI is InChI=1S/C17H17N3O.C16H14N2S.C15H12N2OS.C14H16N4O.C13H7NO2S.C13H13NO.C11H7NO4.C10H7NS2/c1-10-18-14-8-13-12-7-11(19(2)3)5-6-15(12)20(4)16(13)9-17(14)21-10;1-3-18-10(2)17-15-13(18)9-8-12-11-6-4-5-7-14(11)19-16(12)15;1-8-16-12-6-11-10-5-9(18)3-4-14(10)19-15(11)7-13(12)17(8)2;1-4-18-8(2)16-12-5-10-11(6-14(12)18)15-7-13(10)17-9(3)19;17-13-14-9-5-8-7-3-1-2-4-10(7)15-11(8)6-12(9)16-13;1-8-13(2,3)11-10(14-8)5-4-9-6-7-15-12(9)11;1-5-12-7-2-6-3-10(11(13)14)16-8(6)4-9(7)15-5;1-6-11-8-4-7-2-3-12-9(7)5-10(8)13-6/h5-9H,1-4H3;4-9H,3H2,1-2H3;3-7,18H,1-2H3;5-7,15H,4H2,1-3H3,(H,17,19);1-6H,(H,14,17);4-7H,1-3H3;2-4H,1H3,(H,13,14);2-5H,1H3. The van der Waals surface area contributed by atoms with Gasteiger partial charge in [-0.3, -0.25) is 9.79 Å². The number of aryl methyl sites for hydroxylation is 10. The maximum atomic E-state index is 11.2. The topological polar surface area (TPSA) is 310 Å². The molecule has 0 fully saturated rings. The van der Waals surface area contributed by atoms with E-state index >= 15 is 0 Å². The fraction of sp³-hybridized carbons (Fsp3) is 0.174. The van der Waals surface area contributed by atoms with Crippen LogP contribution in [0, 0.1) is 46.4 Å². The quantitative estimate of drug-likeness (QED) is 0.1000. The molecule has 0 unspecified atom stereocenters. The number of nitrogens with one attached hydrogen (secondary N) is 3. The first-order chi connectivity index (χ1) is 66.9. The molecule has 1 amide bonds. The summed E-state index contributed by atoms with van der Waals surface area (Å²) in [6.45, 7) is 25.9. The predicted molar refractivity (Wildman–Crippen MR) is 572 cm³/mol. The molecule has 0 bridgehead atoms. The minimum atomic E-state index is -1.09. The second-order valence-electron chi connectivity index (χ2n) is 35.1. The van der Waals surface area contributed by atoms with Crippen LogP contribution < -0.4 is 10.2 Å². The average Bonchev–Trinajstić information content (AvgIpc) is 1.64. The number of aromatic nitrogens is 12. The fourth-order valence-corrected chi connectivity index (χ4v) is 22.8. The molecule has 27 aromatic rings. The van der Waals surface area contributed by atoms with Crippen LogP contribution in [0.5, 0.6) is 5.75 Å². The first-order valence-electron chi connectivity index (χ1n) is 45.2. The largest absolute Gasteiger partial charge is 0.508 e. The van der Waals surface area contributed by atoms with Gasteiger partial charge in [-0.1, -0.05) is 56.3 Å². The summed E-state index contributed by atoms with van der Waals surface area (Å²) < 4.78 is 49.4. The summed E-state index contributed by atoms with van der Waals surface area (Å²) in [6, 6.07) is 67.2. The Balaban J connectivity index is 0.0000000948. The molecule has 0 saturated heterocycles. The number of H-pyrrole nitrogens is 2. The van der Waals surface area contributed by atoms with Gasteiger partial charge < -0.3 is 75.2 Å². The number of para-hydroxylation sites is 1. The van der Waals surface area contributed by atoms with Gasteiger partial charge in [-0.05, 0) is 211 Å². The number of carboxylic acids is 1. The Kier molecular flexibility index (Phi) is 23.0. The number of carboxylic acid groups (broad SMARTS) is 1. The van der Waals surface area contributed by atoms with Crippen molar-refractivity contribution in [2.45, 2.75) is 102 Å². The first kappa shape index (κ1) is 89.9. The summed E-state index contributed by atoms with van der Waals surface area (Å²) in [5, 5.41) is 38.3. The Bertz CT molecular complexity index is 9610. The van der Waals surface area contributed by atoms with E-state index in [9.17, 15) is 14.7 Å². The van der Waals surface area contributed by atoms with Gasteiger partial charge in [0.1, 0.15) is 62.1 Å². The first-order valence-corrected chi connectivity index (χ1v) is 49.0. The summed E-state index contributed by atoms with van der Waals surface area (Å²) in [5.74, 6) is 3.46.